The maximum atomic E-state index is 6.00. The molecular weight excluding hydrogens is 252 g/mol. The molecular formula is C15H22N4O. The highest BCUT2D eigenvalue weighted by molar-refractivity contribution is 5.56. The lowest BCUT2D eigenvalue weighted by Gasteiger charge is -2.22. The monoisotopic (exact) mass is 274 g/mol. The Bertz CT molecular complexity index is 604. The van der Waals surface area contributed by atoms with Gasteiger partial charge in [-0.1, -0.05) is 13.8 Å². The molecule has 0 spiro atoms. The molecule has 5 heteroatoms. The van der Waals surface area contributed by atoms with Gasteiger partial charge in [-0.05, 0) is 19.9 Å². The van der Waals surface area contributed by atoms with Crippen LogP contribution < -0.4 is 10.6 Å². The van der Waals surface area contributed by atoms with Gasteiger partial charge in [0.15, 0.2) is 0 Å². The number of rotatable bonds is 4. The summed E-state index contributed by atoms with van der Waals surface area (Å²) in [7, 11) is 2.01. The summed E-state index contributed by atoms with van der Waals surface area (Å²) >= 11 is 0. The van der Waals surface area contributed by atoms with Crippen molar-refractivity contribution in [3.63, 3.8) is 0 Å². The molecule has 2 heterocycles. The van der Waals surface area contributed by atoms with Crippen molar-refractivity contribution in [1.29, 1.82) is 0 Å². The van der Waals surface area contributed by atoms with E-state index in [4.69, 9.17) is 10.2 Å². The zero-order valence-corrected chi connectivity index (χ0v) is 12.8. The Labute approximate surface area is 119 Å². The van der Waals surface area contributed by atoms with Crippen molar-refractivity contribution < 1.29 is 4.42 Å². The van der Waals surface area contributed by atoms with Gasteiger partial charge in [-0.15, -0.1) is 0 Å². The molecule has 0 fully saturated rings. The summed E-state index contributed by atoms with van der Waals surface area (Å²) in [6.45, 7) is 8.77. The van der Waals surface area contributed by atoms with E-state index in [1.165, 1.54) is 0 Å². The van der Waals surface area contributed by atoms with Crippen molar-refractivity contribution in [2.45, 2.75) is 40.2 Å². The molecule has 0 bridgehead atoms. The lowest BCUT2D eigenvalue weighted by molar-refractivity contribution is 0.529. The molecule has 0 aliphatic carbocycles. The van der Waals surface area contributed by atoms with Crippen LogP contribution in [0.1, 0.15) is 42.5 Å². The number of nitrogens with two attached hydrogens (primary N) is 1. The number of nitrogen functional groups attached to an aromatic ring is 1. The lowest BCUT2D eigenvalue weighted by Crippen LogP contribution is -2.21. The van der Waals surface area contributed by atoms with Crippen LogP contribution in [0.2, 0.25) is 0 Å². The topological polar surface area (TPSA) is 68.2 Å². The third kappa shape index (κ3) is 2.76. The maximum Gasteiger partial charge on any atom is 0.137 e. The molecule has 2 rings (SSSR count). The molecule has 2 aromatic rings. The Balaban J connectivity index is 2.33. The molecule has 0 radical (unpaired) electrons. The second kappa shape index (κ2) is 5.53. The number of hydrogen-bond acceptors (Lipinski definition) is 5. The fraction of sp³-hybridized carbons (Fsp3) is 0.467. The number of aromatic nitrogens is 2. The SMILES string of the molecule is Cc1occc1CN(C)c1nc(C(C)C)nc(N)c1C. The van der Waals surface area contributed by atoms with Crippen LogP contribution in [0, 0.1) is 13.8 Å². The summed E-state index contributed by atoms with van der Waals surface area (Å²) in [5, 5.41) is 0. The maximum absolute atomic E-state index is 6.00. The smallest absolute Gasteiger partial charge is 0.137 e. The first kappa shape index (κ1) is 14.4. The third-order valence-electron chi connectivity index (χ3n) is 3.43. The molecule has 0 aromatic carbocycles. The minimum absolute atomic E-state index is 0.251. The predicted octanol–water partition coefficient (Wildman–Crippen LogP) is 3.03. The van der Waals surface area contributed by atoms with Gasteiger partial charge < -0.3 is 15.1 Å². The summed E-state index contributed by atoms with van der Waals surface area (Å²) in [5.41, 5.74) is 8.07. The highest BCUT2D eigenvalue weighted by Crippen LogP contribution is 2.25. The third-order valence-corrected chi connectivity index (χ3v) is 3.43. The Morgan fingerprint density at radius 2 is 2.00 bits per heavy atom. The van der Waals surface area contributed by atoms with E-state index in [-0.39, 0.29) is 5.92 Å². The summed E-state index contributed by atoms with van der Waals surface area (Å²) in [6, 6.07) is 1.98. The van der Waals surface area contributed by atoms with Crippen LogP contribution in [-0.4, -0.2) is 17.0 Å². The normalized spacial score (nSPS) is 11.1. The van der Waals surface area contributed by atoms with E-state index in [1.807, 2.05) is 27.0 Å². The zero-order valence-electron chi connectivity index (χ0n) is 12.8. The van der Waals surface area contributed by atoms with E-state index in [0.29, 0.717) is 5.82 Å². The Hall–Kier alpha value is -2.04. The Morgan fingerprint density at radius 1 is 1.30 bits per heavy atom. The van der Waals surface area contributed by atoms with E-state index < -0.39 is 0 Å². The quantitative estimate of drug-likeness (QED) is 0.928. The van der Waals surface area contributed by atoms with Gasteiger partial charge >= 0.3 is 0 Å². The Kier molecular flexibility index (Phi) is 3.97. The van der Waals surface area contributed by atoms with Crippen LogP contribution in [0.15, 0.2) is 16.7 Å². The number of anilines is 2. The molecule has 0 atom stereocenters. The van der Waals surface area contributed by atoms with Crippen molar-refractivity contribution in [1.82, 2.24) is 9.97 Å². The van der Waals surface area contributed by atoms with Gasteiger partial charge in [0.2, 0.25) is 0 Å². The van der Waals surface area contributed by atoms with E-state index in [0.717, 1.165) is 35.1 Å². The van der Waals surface area contributed by atoms with Crippen LogP contribution in [0.4, 0.5) is 11.6 Å². The van der Waals surface area contributed by atoms with Gasteiger partial charge in [-0.3, -0.25) is 0 Å². The minimum Gasteiger partial charge on any atom is -0.469 e. The number of nitrogens with zero attached hydrogens (tertiary/aromatic N) is 3. The highest BCUT2D eigenvalue weighted by atomic mass is 16.3. The minimum atomic E-state index is 0.251. The molecule has 0 aliphatic heterocycles. The van der Waals surface area contributed by atoms with E-state index in [9.17, 15) is 0 Å². The molecule has 0 saturated heterocycles. The van der Waals surface area contributed by atoms with Gasteiger partial charge in [0, 0.05) is 30.6 Å². The molecule has 108 valence electrons. The van der Waals surface area contributed by atoms with Crippen molar-refractivity contribution in [3.8, 4) is 0 Å². The molecule has 0 unspecified atom stereocenters. The fourth-order valence-electron chi connectivity index (χ4n) is 2.07. The largest absolute Gasteiger partial charge is 0.469 e. The van der Waals surface area contributed by atoms with E-state index >= 15 is 0 Å². The van der Waals surface area contributed by atoms with Gasteiger partial charge in [0.1, 0.15) is 23.2 Å². The second-order valence-electron chi connectivity index (χ2n) is 5.43. The molecule has 0 aliphatic rings. The molecule has 2 aromatic heterocycles. The lowest BCUT2D eigenvalue weighted by atomic mass is 10.2. The average molecular weight is 274 g/mol. The first-order chi connectivity index (χ1) is 9.40. The van der Waals surface area contributed by atoms with Crippen LogP contribution in [0.3, 0.4) is 0 Å². The summed E-state index contributed by atoms with van der Waals surface area (Å²) < 4.78 is 5.33. The first-order valence-corrected chi connectivity index (χ1v) is 6.78. The fourth-order valence-corrected chi connectivity index (χ4v) is 2.07. The molecule has 0 saturated carbocycles. The standard InChI is InChI=1S/C15H22N4O/c1-9(2)14-17-13(16)10(3)15(18-14)19(5)8-12-6-7-20-11(12)4/h6-7,9H,8H2,1-5H3,(H2,16,17,18). The van der Waals surface area contributed by atoms with Crippen LogP contribution in [-0.2, 0) is 6.54 Å². The van der Waals surface area contributed by atoms with Crippen molar-refractivity contribution in [2.24, 2.45) is 0 Å². The molecule has 20 heavy (non-hydrogen) atoms. The number of aryl methyl sites for hydroxylation is 1. The summed E-state index contributed by atoms with van der Waals surface area (Å²) in [6.07, 6.45) is 1.71. The number of furan rings is 1. The van der Waals surface area contributed by atoms with E-state index in [2.05, 4.69) is 28.7 Å². The van der Waals surface area contributed by atoms with Gasteiger partial charge in [0.05, 0.1) is 6.26 Å². The predicted molar refractivity (Wildman–Crippen MR) is 80.8 cm³/mol. The van der Waals surface area contributed by atoms with Crippen molar-refractivity contribution >= 4 is 11.6 Å². The summed E-state index contributed by atoms with van der Waals surface area (Å²) in [4.78, 5) is 11.1. The molecule has 0 amide bonds. The van der Waals surface area contributed by atoms with Crippen LogP contribution in [0.25, 0.3) is 0 Å². The van der Waals surface area contributed by atoms with Crippen LogP contribution in [0.5, 0.6) is 0 Å². The summed E-state index contributed by atoms with van der Waals surface area (Å²) in [5.74, 6) is 3.39. The second-order valence-corrected chi connectivity index (χ2v) is 5.43. The Morgan fingerprint density at radius 3 is 2.55 bits per heavy atom. The van der Waals surface area contributed by atoms with Crippen molar-refractivity contribution in [2.75, 3.05) is 17.7 Å². The average Bonchev–Trinajstić information content (AvgIpc) is 2.77. The molecule has 2 N–H and O–H groups in total. The van der Waals surface area contributed by atoms with Crippen LogP contribution >= 0.6 is 0 Å². The zero-order chi connectivity index (χ0) is 14.9. The van der Waals surface area contributed by atoms with Gasteiger partial charge in [0.25, 0.3) is 0 Å². The van der Waals surface area contributed by atoms with Gasteiger partial charge in [-0.25, -0.2) is 9.97 Å². The molecule has 5 nitrogen and oxygen atoms in total. The van der Waals surface area contributed by atoms with Crippen molar-refractivity contribution in [3.05, 3.63) is 35.0 Å². The van der Waals surface area contributed by atoms with Gasteiger partial charge in [-0.2, -0.15) is 0 Å². The highest BCUT2D eigenvalue weighted by Gasteiger charge is 2.15. The number of hydrogen-bond donors (Lipinski definition) is 1. The first-order valence-electron chi connectivity index (χ1n) is 6.78. The van der Waals surface area contributed by atoms with E-state index in [1.54, 1.807) is 6.26 Å².